The number of anilines is 2. The minimum Gasteiger partial charge on any atom is -0.461 e. The van der Waals surface area contributed by atoms with Gasteiger partial charge in [0.2, 0.25) is 5.91 Å². The Morgan fingerprint density at radius 2 is 1.55 bits per heavy atom. The third-order valence-corrected chi connectivity index (χ3v) is 5.29. The lowest BCUT2D eigenvalue weighted by Gasteiger charge is -2.35. The van der Waals surface area contributed by atoms with Crippen LogP contribution in [0.2, 0.25) is 0 Å². The number of rotatable bonds is 4. The molecule has 0 saturated carbocycles. The van der Waals surface area contributed by atoms with Crippen molar-refractivity contribution in [3.8, 4) is 0 Å². The summed E-state index contributed by atoms with van der Waals surface area (Å²) in [5, 5.41) is 5.97. The van der Waals surface area contributed by atoms with E-state index in [1.807, 2.05) is 24.3 Å². The summed E-state index contributed by atoms with van der Waals surface area (Å²) in [6, 6.07) is 17.1. The molecule has 0 bridgehead atoms. The molecule has 7 heteroatoms. The van der Waals surface area contributed by atoms with Gasteiger partial charge in [0.05, 0.1) is 23.9 Å². The van der Waals surface area contributed by atoms with E-state index in [9.17, 15) is 14.4 Å². The molecule has 2 aliphatic rings. The molecule has 148 valence electrons. The molecule has 3 unspecified atom stereocenters. The Balaban J connectivity index is 1.82. The van der Waals surface area contributed by atoms with E-state index >= 15 is 0 Å². The van der Waals surface area contributed by atoms with E-state index in [0.717, 1.165) is 0 Å². The van der Waals surface area contributed by atoms with E-state index in [4.69, 9.17) is 4.74 Å². The summed E-state index contributed by atoms with van der Waals surface area (Å²) in [4.78, 5) is 40.4. The number of hydrogen-bond donors (Lipinski definition) is 0. The van der Waals surface area contributed by atoms with Crippen molar-refractivity contribution >= 4 is 34.9 Å². The lowest BCUT2D eigenvalue weighted by molar-refractivity contribution is -0.135. The van der Waals surface area contributed by atoms with E-state index in [2.05, 4.69) is 5.10 Å². The number of carbonyl (C=O) groups is 3. The molecule has 0 aliphatic carbocycles. The van der Waals surface area contributed by atoms with Crippen LogP contribution in [0, 0.1) is 11.8 Å². The predicted molar refractivity (Wildman–Crippen MR) is 108 cm³/mol. The number of amides is 2. The number of esters is 1. The third-order valence-electron chi connectivity index (χ3n) is 5.29. The Morgan fingerprint density at radius 1 is 0.966 bits per heavy atom. The van der Waals surface area contributed by atoms with E-state index in [-0.39, 0.29) is 24.1 Å². The van der Waals surface area contributed by atoms with Crippen LogP contribution in [0.5, 0.6) is 0 Å². The monoisotopic (exact) mass is 391 g/mol. The minimum atomic E-state index is -0.821. The molecule has 2 aromatic carbocycles. The second kappa shape index (κ2) is 7.50. The summed E-state index contributed by atoms with van der Waals surface area (Å²) in [6.07, 6.45) is 0. The molecule has 1 fully saturated rings. The fourth-order valence-electron chi connectivity index (χ4n) is 3.92. The van der Waals surface area contributed by atoms with E-state index in [0.29, 0.717) is 11.4 Å². The zero-order valence-electron chi connectivity index (χ0n) is 16.2. The lowest BCUT2D eigenvalue weighted by atomic mass is 9.83. The second-order valence-corrected chi connectivity index (χ2v) is 6.99. The molecule has 0 spiro atoms. The maximum absolute atomic E-state index is 13.4. The highest BCUT2D eigenvalue weighted by Crippen LogP contribution is 2.39. The fourth-order valence-corrected chi connectivity index (χ4v) is 3.92. The van der Waals surface area contributed by atoms with Gasteiger partial charge in [-0.05, 0) is 31.2 Å². The smallest absolute Gasteiger partial charge is 0.354 e. The van der Waals surface area contributed by atoms with Crippen LogP contribution < -0.4 is 9.91 Å². The first kappa shape index (κ1) is 18.9. The number of benzene rings is 2. The number of ether oxygens (including phenoxy) is 1. The molecule has 4 rings (SSSR count). The zero-order chi connectivity index (χ0) is 20.5. The van der Waals surface area contributed by atoms with Gasteiger partial charge in [-0.15, -0.1) is 0 Å². The first-order valence-electron chi connectivity index (χ1n) is 9.57. The molecule has 2 amide bonds. The maximum atomic E-state index is 13.4. The van der Waals surface area contributed by atoms with E-state index in [1.165, 1.54) is 9.91 Å². The van der Waals surface area contributed by atoms with Crippen LogP contribution in [-0.2, 0) is 19.1 Å². The zero-order valence-corrected chi connectivity index (χ0v) is 16.2. The number of hydrogen-bond acceptors (Lipinski definition) is 6. The van der Waals surface area contributed by atoms with Crippen LogP contribution in [0.25, 0.3) is 0 Å². The van der Waals surface area contributed by atoms with Crippen LogP contribution in [0.1, 0.15) is 13.8 Å². The number of imide groups is 1. The Bertz CT molecular complexity index is 974. The minimum absolute atomic E-state index is 0.146. The Labute approximate surface area is 168 Å². The summed E-state index contributed by atoms with van der Waals surface area (Å²) in [6.45, 7) is 3.66. The van der Waals surface area contributed by atoms with Gasteiger partial charge in [0.15, 0.2) is 0 Å². The van der Waals surface area contributed by atoms with Crippen LogP contribution >= 0.6 is 0 Å². The molecular weight excluding hydrogens is 370 g/mol. The molecule has 1 saturated heterocycles. The summed E-state index contributed by atoms with van der Waals surface area (Å²) < 4.78 is 5.15. The SMILES string of the molecule is CCOC(=O)C1=NN(c2ccccc2)C2C(=O)N(c3ccccc3)C(=O)C2C1C. The highest BCUT2D eigenvalue weighted by molar-refractivity contribution is 6.39. The summed E-state index contributed by atoms with van der Waals surface area (Å²) >= 11 is 0. The Morgan fingerprint density at radius 3 is 2.14 bits per heavy atom. The molecule has 2 aliphatic heterocycles. The first-order valence-corrected chi connectivity index (χ1v) is 9.57. The Hall–Kier alpha value is -3.48. The van der Waals surface area contributed by atoms with Gasteiger partial charge < -0.3 is 4.74 Å². The number of carbonyl (C=O) groups excluding carboxylic acids is 3. The summed E-state index contributed by atoms with van der Waals surface area (Å²) in [5.41, 5.74) is 1.29. The van der Waals surface area contributed by atoms with Crippen molar-refractivity contribution in [2.75, 3.05) is 16.5 Å². The molecule has 29 heavy (non-hydrogen) atoms. The summed E-state index contributed by atoms with van der Waals surface area (Å²) in [7, 11) is 0. The predicted octanol–water partition coefficient (Wildman–Crippen LogP) is 2.62. The molecule has 7 nitrogen and oxygen atoms in total. The van der Waals surface area contributed by atoms with Crippen LogP contribution in [0.3, 0.4) is 0 Å². The van der Waals surface area contributed by atoms with Crippen LogP contribution in [0.15, 0.2) is 65.8 Å². The van der Waals surface area contributed by atoms with Gasteiger partial charge in [0.1, 0.15) is 11.8 Å². The molecule has 0 aromatic heterocycles. The number of para-hydroxylation sites is 2. The quantitative estimate of drug-likeness (QED) is 0.591. The molecule has 2 aromatic rings. The van der Waals surface area contributed by atoms with Crippen molar-refractivity contribution in [1.82, 2.24) is 0 Å². The third kappa shape index (κ3) is 3.08. The van der Waals surface area contributed by atoms with Crippen molar-refractivity contribution in [1.29, 1.82) is 0 Å². The number of fused-ring (bicyclic) bond motifs is 1. The van der Waals surface area contributed by atoms with Gasteiger partial charge in [0.25, 0.3) is 5.91 Å². The van der Waals surface area contributed by atoms with E-state index < -0.39 is 23.8 Å². The van der Waals surface area contributed by atoms with Crippen LogP contribution in [0.4, 0.5) is 11.4 Å². The van der Waals surface area contributed by atoms with Crippen LogP contribution in [-0.4, -0.2) is 36.1 Å². The largest absolute Gasteiger partial charge is 0.461 e. The van der Waals surface area contributed by atoms with Gasteiger partial charge in [-0.3, -0.25) is 14.6 Å². The lowest BCUT2D eigenvalue weighted by Crippen LogP contribution is -2.51. The van der Waals surface area contributed by atoms with Gasteiger partial charge in [-0.1, -0.05) is 43.3 Å². The van der Waals surface area contributed by atoms with Crippen molar-refractivity contribution in [2.24, 2.45) is 16.9 Å². The number of hydrazone groups is 1. The highest BCUT2D eigenvalue weighted by Gasteiger charge is 2.57. The van der Waals surface area contributed by atoms with Crippen molar-refractivity contribution < 1.29 is 19.1 Å². The van der Waals surface area contributed by atoms with Crippen molar-refractivity contribution in [2.45, 2.75) is 19.9 Å². The fraction of sp³-hybridized carbons (Fsp3) is 0.273. The topological polar surface area (TPSA) is 79.3 Å². The molecular formula is C22H21N3O4. The number of nitrogens with zero attached hydrogens (tertiary/aromatic N) is 3. The molecule has 0 N–H and O–H groups in total. The normalized spacial score (nSPS) is 23.7. The first-order chi connectivity index (χ1) is 14.0. The van der Waals surface area contributed by atoms with Crippen molar-refractivity contribution in [3.63, 3.8) is 0 Å². The van der Waals surface area contributed by atoms with E-state index in [1.54, 1.807) is 50.2 Å². The van der Waals surface area contributed by atoms with Crippen molar-refractivity contribution in [3.05, 3.63) is 60.7 Å². The highest BCUT2D eigenvalue weighted by atomic mass is 16.5. The van der Waals surface area contributed by atoms with Gasteiger partial charge in [-0.2, -0.15) is 5.10 Å². The molecule has 2 heterocycles. The van der Waals surface area contributed by atoms with Gasteiger partial charge in [0, 0.05) is 5.92 Å². The van der Waals surface area contributed by atoms with Gasteiger partial charge in [-0.25, -0.2) is 9.69 Å². The summed E-state index contributed by atoms with van der Waals surface area (Å²) in [5.74, 6) is -2.55. The second-order valence-electron chi connectivity index (χ2n) is 6.99. The van der Waals surface area contributed by atoms with Gasteiger partial charge >= 0.3 is 5.97 Å². The average Bonchev–Trinajstić information content (AvgIpc) is 3.01. The maximum Gasteiger partial charge on any atom is 0.354 e. The average molecular weight is 391 g/mol. The molecule has 3 atom stereocenters. The standard InChI is InChI=1S/C22H21N3O4/c1-3-29-22(28)18-14(2)17-19(25(23-18)16-12-8-5-9-13-16)21(27)24(20(17)26)15-10-6-4-7-11-15/h4-14,17,19H,3H2,1-2H3. The Kier molecular flexibility index (Phi) is 4.88. The molecule has 0 radical (unpaired) electrons.